The van der Waals surface area contributed by atoms with Crippen molar-refractivity contribution in [1.82, 2.24) is 5.32 Å². The molecule has 0 bridgehead atoms. The topological polar surface area (TPSA) is 64.9 Å². The second-order valence-corrected chi connectivity index (χ2v) is 8.48. The third-order valence-electron chi connectivity index (χ3n) is 3.93. The monoisotopic (exact) mass is 369 g/mol. The van der Waals surface area contributed by atoms with Crippen molar-refractivity contribution in [1.29, 1.82) is 5.26 Å². The van der Waals surface area contributed by atoms with Crippen LogP contribution in [0.5, 0.6) is 0 Å². The van der Waals surface area contributed by atoms with E-state index in [1.807, 2.05) is 60.8 Å². The number of carbonyl (C=O) groups is 1. The van der Waals surface area contributed by atoms with E-state index in [0.29, 0.717) is 10.1 Å². The molecular weight excluding hydrogens is 350 g/mol. The predicted molar refractivity (Wildman–Crippen MR) is 106 cm³/mol. The van der Waals surface area contributed by atoms with E-state index >= 15 is 0 Å². The maximum absolute atomic E-state index is 12.3. The van der Waals surface area contributed by atoms with Gasteiger partial charge in [-0.2, -0.15) is 5.26 Å². The fraction of sp³-hybridized carbons (Fsp3) is 0.263. The summed E-state index contributed by atoms with van der Waals surface area (Å²) in [5.41, 5.74) is 3.61. The molecule has 1 aliphatic heterocycles. The van der Waals surface area contributed by atoms with Crippen LogP contribution in [0.15, 0.2) is 48.5 Å². The number of rotatable bonds is 4. The Morgan fingerprint density at radius 2 is 1.92 bits per heavy atom. The fourth-order valence-corrected chi connectivity index (χ4v) is 5.45. The minimum Gasteiger partial charge on any atom is -0.331 e. The molecule has 0 aliphatic carbocycles. The summed E-state index contributed by atoms with van der Waals surface area (Å²) in [7, 11) is 0. The molecule has 4 nitrogen and oxygen atoms in total. The van der Waals surface area contributed by atoms with Gasteiger partial charge in [0.2, 0.25) is 0 Å². The lowest BCUT2D eigenvalue weighted by Gasteiger charge is -2.16. The Kier molecular flexibility index (Phi) is 5.90. The second kappa shape index (κ2) is 8.32. The van der Waals surface area contributed by atoms with Crippen LogP contribution in [0.25, 0.3) is 0 Å². The zero-order valence-corrected chi connectivity index (χ0v) is 15.5. The number of thioether (sulfide) groups is 2. The van der Waals surface area contributed by atoms with Crippen molar-refractivity contribution in [3.8, 4) is 6.07 Å². The average Bonchev–Trinajstić information content (AvgIpc) is 3.16. The summed E-state index contributed by atoms with van der Waals surface area (Å²) in [4.78, 5) is 12.3. The molecule has 1 aliphatic rings. The van der Waals surface area contributed by atoms with Gasteiger partial charge in [-0.15, -0.1) is 23.5 Å². The number of nitrogens with zero attached hydrogens (tertiary/aromatic N) is 1. The summed E-state index contributed by atoms with van der Waals surface area (Å²) in [6.45, 7) is 1.92. The fourth-order valence-electron chi connectivity index (χ4n) is 2.61. The SMILES string of the molecule is CC(NC(=O)Nc1cccc(C2SCCS2)c1)c1ccc(C#N)cc1. The Balaban J connectivity index is 1.60. The summed E-state index contributed by atoms with van der Waals surface area (Å²) in [5.74, 6) is 2.35. The van der Waals surface area contributed by atoms with Gasteiger partial charge in [-0.05, 0) is 42.3 Å². The standard InChI is InChI=1S/C19H19N3OS2/c1-13(15-7-5-14(12-20)6-8-15)21-19(23)22-17-4-2-3-16(11-17)18-24-9-10-25-18/h2-8,11,13,18H,9-10H2,1H3,(H2,21,22,23). The van der Waals surface area contributed by atoms with Gasteiger partial charge in [0.15, 0.2) is 0 Å². The van der Waals surface area contributed by atoms with Crippen molar-refractivity contribution in [3.05, 3.63) is 65.2 Å². The summed E-state index contributed by atoms with van der Waals surface area (Å²) < 4.78 is 0.461. The van der Waals surface area contributed by atoms with Crippen LogP contribution in [0.1, 0.15) is 34.2 Å². The third-order valence-corrected chi connectivity index (χ3v) is 7.03. The molecule has 6 heteroatoms. The molecule has 128 valence electrons. The van der Waals surface area contributed by atoms with E-state index in [9.17, 15) is 4.79 Å². The number of nitriles is 1. The number of benzene rings is 2. The molecule has 0 spiro atoms. The third kappa shape index (κ3) is 4.71. The van der Waals surface area contributed by atoms with Crippen molar-refractivity contribution in [2.75, 3.05) is 16.8 Å². The highest BCUT2D eigenvalue weighted by molar-refractivity contribution is 8.19. The summed E-state index contributed by atoms with van der Waals surface area (Å²) in [6.07, 6.45) is 0. The highest BCUT2D eigenvalue weighted by Gasteiger charge is 2.18. The molecule has 3 rings (SSSR count). The highest BCUT2D eigenvalue weighted by Crippen LogP contribution is 2.45. The molecule has 1 fully saturated rings. The molecule has 1 heterocycles. The van der Waals surface area contributed by atoms with Crippen LogP contribution in [0.3, 0.4) is 0 Å². The van der Waals surface area contributed by atoms with Crippen molar-refractivity contribution < 1.29 is 4.79 Å². The van der Waals surface area contributed by atoms with Crippen molar-refractivity contribution in [2.24, 2.45) is 0 Å². The molecule has 2 N–H and O–H groups in total. The van der Waals surface area contributed by atoms with Crippen LogP contribution >= 0.6 is 23.5 Å². The van der Waals surface area contributed by atoms with Crippen LogP contribution in [-0.2, 0) is 0 Å². The first kappa shape index (κ1) is 17.7. The lowest BCUT2D eigenvalue weighted by atomic mass is 10.1. The number of amides is 2. The summed E-state index contributed by atoms with van der Waals surface area (Å²) in [5, 5.41) is 14.7. The van der Waals surface area contributed by atoms with E-state index < -0.39 is 0 Å². The minimum absolute atomic E-state index is 0.142. The number of hydrogen-bond donors (Lipinski definition) is 2. The van der Waals surface area contributed by atoms with E-state index in [-0.39, 0.29) is 12.1 Å². The largest absolute Gasteiger partial charge is 0.331 e. The van der Waals surface area contributed by atoms with Crippen LogP contribution in [0, 0.1) is 11.3 Å². The lowest BCUT2D eigenvalue weighted by Crippen LogP contribution is -2.31. The number of carbonyl (C=O) groups excluding carboxylic acids is 1. The van der Waals surface area contributed by atoms with Gasteiger partial charge >= 0.3 is 6.03 Å². The molecule has 1 saturated heterocycles. The van der Waals surface area contributed by atoms with Crippen LogP contribution in [0.2, 0.25) is 0 Å². The lowest BCUT2D eigenvalue weighted by molar-refractivity contribution is 0.249. The molecule has 2 amide bonds. The molecular formula is C19H19N3OS2. The highest BCUT2D eigenvalue weighted by atomic mass is 32.2. The van der Waals surface area contributed by atoms with Gasteiger partial charge < -0.3 is 10.6 Å². The molecule has 1 unspecified atom stereocenters. The molecule has 0 saturated carbocycles. The van der Waals surface area contributed by atoms with Gasteiger partial charge in [-0.25, -0.2) is 4.79 Å². The average molecular weight is 370 g/mol. The normalized spacial score (nSPS) is 15.4. The molecule has 0 radical (unpaired) electrons. The Morgan fingerprint density at radius 1 is 1.20 bits per heavy atom. The van der Waals surface area contributed by atoms with Crippen molar-refractivity contribution >= 4 is 35.2 Å². The van der Waals surface area contributed by atoms with E-state index in [2.05, 4.69) is 22.8 Å². The number of urea groups is 1. The van der Waals surface area contributed by atoms with Gasteiger partial charge in [0.1, 0.15) is 0 Å². The van der Waals surface area contributed by atoms with Gasteiger partial charge in [0, 0.05) is 17.2 Å². The van der Waals surface area contributed by atoms with Crippen LogP contribution in [-0.4, -0.2) is 17.5 Å². The Hall–Kier alpha value is -2.10. The summed E-state index contributed by atoms with van der Waals surface area (Å²) in [6, 6.07) is 17.0. The maximum Gasteiger partial charge on any atom is 0.319 e. The Labute approximate surface area is 156 Å². The van der Waals surface area contributed by atoms with Gasteiger partial charge in [0.05, 0.1) is 22.3 Å². The smallest absolute Gasteiger partial charge is 0.319 e. The molecule has 2 aromatic carbocycles. The van der Waals surface area contributed by atoms with Gasteiger partial charge in [-0.3, -0.25) is 0 Å². The molecule has 1 atom stereocenters. The molecule has 0 aromatic heterocycles. The molecule has 2 aromatic rings. The predicted octanol–water partition coefficient (Wildman–Crippen LogP) is 4.92. The van der Waals surface area contributed by atoms with Crippen LogP contribution < -0.4 is 10.6 Å². The van der Waals surface area contributed by atoms with Crippen molar-refractivity contribution in [3.63, 3.8) is 0 Å². The first-order chi connectivity index (χ1) is 12.2. The molecule has 25 heavy (non-hydrogen) atoms. The second-order valence-electron chi connectivity index (χ2n) is 5.75. The van der Waals surface area contributed by atoms with E-state index in [1.165, 1.54) is 17.1 Å². The number of hydrogen-bond acceptors (Lipinski definition) is 4. The Bertz CT molecular complexity index is 780. The first-order valence-electron chi connectivity index (χ1n) is 8.06. The van der Waals surface area contributed by atoms with Crippen LogP contribution in [0.4, 0.5) is 10.5 Å². The zero-order valence-electron chi connectivity index (χ0n) is 13.9. The van der Waals surface area contributed by atoms with E-state index in [1.54, 1.807) is 12.1 Å². The maximum atomic E-state index is 12.3. The zero-order chi connectivity index (χ0) is 17.6. The van der Waals surface area contributed by atoms with E-state index in [4.69, 9.17) is 5.26 Å². The van der Waals surface area contributed by atoms with E-state index in [0.717, 1.165) is 11.3 Å². The summed E-state index contributed by atoms with van der Waals surface area (Å²) >= 11 is 3.89. The Morgan fingerprint density at radius 3 is 2.60 bits per heavy atom. The van der Waals surface area contributed by atoms with Gasteiger partial charge in [-0.1, -0.05) is 24.3 Å². The minimum atomic E-state index is -0.235. The van der Waals surface area contributed by atoms with Crippen molar-refractivity contribution in [2.45, 2.75) is 17.5 Å². The number of anilines is 1. The quantitative estimate of drug-likeness (QED) is 0.803. The number of nitrogens with one attached hydrogen (secondary N) is 2. The van der Waals surface area contributed by atoms with Gasteiger partial charge in [0.25, 0.3) is 0 Å². The first-order valence-corrected chi connectivity index (χ1v) is 10.2.